The van der Waals surface area contributed by atoms with Crippen molar-refractivity contribution >= 4 is 29.2 Å². The first-order valence-corrected chi connectivity index (χ1v) is 5.58. The van der Waals surface area contributed by atoms with Crippen molar-refractivity contribution in [2.45, 2.75) is 13.0 Å². The summed E-state index contributed by atoms with van der Waals surface area (Å²) in [5.74, 6) is 0.471. The fourth-order valence-electron chi connectivity index (χ4n) is 1.64. The lowest BCUT2D eigenvalue weighted by Crippen LogP contribution is -2.09. The molecule has 1 aromatic carbocycles. The van der Waals surface area contributed by atoms with Gasteiger partial charge in [-0.15, -0.1) is 0 Å². The molecule has 1 aromatic heterocycles. The molecule has 0 saturated carbocycles. The van der Waals surface area contributed by atoms with E-state index in [2.05, 4.69) is 4.98 Å². The van der Waals surface area contributed by atoms with Crippen molar-refractivity contribution in [2.24, 2.45) is 0 Å². The van der Waals surface area contributed by atoms with Gasteiger partial charge in [0.1, 0.15) is 0 Å². The zero-order chi connectivity index (χ0) is 11.7. The van der Waals surface area contributed by atoms with E-state index in [1.165, 1.54) is 0 Å². The van der Waals surface area contributed by atoms with Crippen LogP contribution in [0.4, 0.5) is 5.95 Å². The molecule has 0 aliphatic rings. The van der Waals surface area contributed by atoms with Gasteiger partial charge in [-0.3, -0.25) is 0 Å². The maximum absolute atomic E-state index is 6.13. The molecule has 84 valence electrons. The molecule has 2 aromatic rings. The van der Waals surface area contributed by atoms with Crippen LogP contribution in [0.15, 0.2) is 30.6 Å². The zero-order valence-corrected chi connectivity index (χ0v) is 10.2. The van der Waals surface area contributed by atoms with E-state index in [4.69, 9.17) is 28.9 Å². The number of halogens is 2. The van der Waals surface area contributed by atoms with Gasteiger partial charge in [0.2, 0.25) is 5.95 Å². The second-order valence-electron chi connectivity index (χ2n) is 3.53. The molecule has 1 unspecified atom stereocenters. The SMILES string of the molecule is CC(c1ccc(Cl)cc1Cl)n1ccnc1N. The third-order valence-electron chi connectivity index (χ3n) is 2.53. The van der Waals surface area contributed by atoms with Crippen LogP contribution in [0.5, 0.6) is 0 Å². The molecule has 0 fully saturated rings. The van der Waals surface area contributed by atoms with Gasteiger partial charge in [0.05, 0.1) is 6.04 Å². The highest BCUT2D eigenvalue weighted by Gasteiger charge is 2.13. The number of imidazole rings is 1. The van der Waals surface area contributed by atoms with E-state index in [0.717, 1.165) is 5.56 Å². The third-order valence-corrected chi connectivity index (χ3v) is 3.09. The predicted molar refractivity (Wildman–Crippen MR) is 66.9 cm³/mol. The maximum atomic E-state index is 6.13. The van der Waals surface area contributed by atoms with Crippen molar-refractivity contribution in [3.63, 3.8) is 0 Å². The lowest BCUT2D eigenvalue weighted by molar-refractivity contribution is 0.648. The van der Waals surface area contributed by atoms with Crippen molar-refractivity contribution in [3.8, 4) is 0 Å². The summed E-state index contributed by atoms with van der Waals surface area (Å²) in [6, 6.07) is 5.47. The van der Waals surface area contributed by atoms with Gasteiger partial charge in [-0.2, -0.15) is 0 Å². The predicted octanol–water partition coefficient (Wildman–Crippen LogP) is 3.38. The molecule has 0 radical (unpaired) electrons. The Labute approximate surface area is 104 Å². The molecule has 0 spiro atoms. The fourth-order valence-corrected chi connectivity index (χ4v) is 2.21. The second kappa shape index (κ2) is 4.36. The molecule has 1 atom stereocenters. The molecule has 0 bridgehead atoms. The zero-order valence-electron chi connectivity index (χ0n) is 8.69. The van der Waals surface area contributed by atoms with Gasteiger partial charge in [-0.25, -0.2) is 4.98 Å². The average Bonchev–Trinajstić information content (AvgIpc) is 2.63. The summed E-state index contributed by atoms with van der Waals surface area (Å²) < 4.78 is 1.86. The lowest BCUT2D eigenvalue weighted by Gasteiger charge is -2.16. The van der Waals surface area contributed by atoms with E-state index in [-0.39, 0.29) is 6.04 Å². The Morgan fingerprint density at radius 2 is 2.12 bits per heavy atom. The van der Waals surface area contributed by atoms with Crippen LogP contribution in [-0.2, 0) is 0 Å². The van der Waals surface area contributed by atoms with Gasteiger partial charge >= 0.3 is 0 Å². The van der Waals surface area contributed by atoms with E-state index in [9.17, 15) is 0 Å². The van der Waals surface area contributed by atoms with Crippen LogP contribution in [0.2, 0.25) is 10.0 Å². The average molecular weight is 256 g/mol. The third kappa shape index (κ3) is 2.01. The molecule has 0 saturated heterocycles. The van der Waals surface area contributed by atoms with E-state index in [0.29, 0.717) is 16.0 Å². The normalized spacial score (nSPS) is 12.7. The monoisotopic (exact) mass is 255 g/mol. The topological polar surface area (TPSA) is 43.8 Å². The summed E-state index contributed by atoms with van der Waals surface area (Å²) in [6.07, 6.45) is 3.49. The van der Waals surface area contributed by atoms with E-state index in [1.54, 1.807) is 12.3 Å². The van der Waals surface area contributed by atoms with Gasteiger partial charge < -0.3 is 10.3 Å². The van der Waals surface area contributed by atoms with Gasteiger partial charge in [-0.05, 0) is 24.6 Å². The van der Waals surface area contributed by atoms with E-state index < -0.39 is 0 Å². The minimum atomic E-state index is 0.0345. The first kappa shape index (κ1) is 11.3. The largest absolute Gasteiger partial charge is 0.369 e. The number of hydrogen-bond acceptors (Lipinski definition) is 2. The first-order valence-electron chi connectivity index (χ1n) is 4.83. The number of anilines is 1. The smallest absolute Gasteiger partial charge is 0.200 e. The molecule has 0 aliphatic heterocycles. The Morgan fingerprint density at radius 1 is 1.38 bits per heavy atom. The molecule has 2 N–H and O–H groups in total. The molecule has 2 rings (SSSR count). The number of rotatable bonds is 2. The lowest BCUT2D eigenvalue weighted by atomic mass is 10.1. The van der Waals surface area contributed by atoms with Gasteiger partial charge in [0.15, 0.2) is 0 Å². The highest BCUT2D eigenvalue weighted by atomic mass is 35.5. The molecule has 0 amide bonds. The van der Waals surface area contributed by atoms with Gasteiger partial charge in [0.25, 0.3) is 0 Å². The number of nitrogens with two attached hydrogens (primary N) is 1. The Balaban J connectivity index is 2.41. The first-order chi connectivity index (χ1) is 7.59. The Kier molecular flexibility index (Phi) is 3.08. The Morgan fingerprint density at radius 3 is 2.69 bits per heavy atom. The summed E-state index contributed by atoms with van der Waals surface area (Å²) in [4.78, 5) is 3.98. The Bertz CT molecular complexity index is 508. The van der Waals surface area contributed by atoms with Crippen molar-refractivity contribution in [1.82, 2.24) is 9.55 Å². The molecular weight excluding hydrogens is 245 g/mol. The van der Waals surface area contributed by atoms with Crippen LogP contribution >= 0.6 is 23.2 Å². The standard InChI is InChI=1S/C11H11Cl2N3/c1-7(16-5-4-15-11(16)14)9-3-2-8(12)6-10(9)13/h2-7H,1H3,(H2,14,15). The van der Waals surface area contributed by atoms with Crippen LogP contribution in [-0.4, -0.2) is 9.55 Å². The van der Waals surface area contributed by atoms with E-state index >= 15 is 0 Å². The second-order valence-corrected chi connectivity index (χ2v) is 4.38. The van der Waals surface area contributed by atoms with Crippen LogP contribution < -0.4 is 5.73 Å². The molecule has 5 heteroatoms. The molecule has 16 heavy (non-hydrogen) atoms. The van der Waals surface area contributed by atoms with Crippen LogP contribution in [0.25, 0.3) is 0 Å². The summed E-state index contributed by atoms with van der Waals surface area (Å²) in [5, 5.41) is 1.26. The van der Waals surface area contributed by atoms with Crippen molar-refractivity contribution in [1.29, 1.82) is 0 Å². The molecule has 0 aliphatic carbocycles. The number of nitrogen functional groups attached to an aromatic ring is 1. The molecular formula is C11H11Cl2N3. The molecule has 3 nitrogen and oxygen atoms in total. The fraction of sp³-hybridized carbons (Fsp3) is 0.182. The minimum absolute atomic E-state index is 0.0345. The highest BCUT2D eigenvalue weighted by molar-refractivity contribution is 6.35. The number of aromatic nitrogens is 2. The number of benzene rings is 1. The Hall–Kier alpha value is -1.19. The van der Waals surface area contributed by atoms with Gasteiger partial charge in [-0.1, -0.05) is 29.3 Å². The highest BCUT2D eigenvalue weighted by Crippen LogP contribution is 2.29. The van der Waals surface area contributed by atoms with Crippen molar-refractivity contribution < 1.29 is 0 Å². The van der Waals surface area contributed by atoms with E-state index in [1.807, 2.05) is 29.8 Å². The summed E-state index contributed by atoms with van der Waals surface area (Å²) in [6.45, 7) is 2.01. The molecule has 1 heterocycles. The summed E-state index contributed by atoms with van der Waals surface area (Å²) in [7, 11) is 0. The van der Waals surface area contributed by atoms with Gasteiger partial charge in [0, 0.05) is 22.4 Å². The van der Waals surface area contributed by atoms with Crippen LogP contribution in [0, 0.1) is 0 Å². The number of hydrogen-bond donors (Lipinski definition) is 1. The van der Waals surface area contributed by atoms with Crippen molar-refractivity contribution in [3.05, 3.63) is 46.2 Å². The quantitative estimate of drug-likeness (QED) is 0.895. The number of nitrogens with zero attached hydrogens (tertiary/aromatic N) is 2. The van der Waals surface area contributed by atoms with Crippen molar-refractivity contribution in [2.75, 3.05) is 5.73 Å². The minimum Gasteiger partial charge on any atom is -0.369 e. The summed E-state index contributed by atoms with van der Waals surface area (Å²) in [5.41, 5.74) is 6.71. The maximum Gasteiger partial charge on any atom is 0.200 e. The summed E-state index contributed by atoms with van der Waals surface area (Å²) >= 11 is 12.0. The van der Waals surface area contributed by atoms with Crippen LogP contribution in [0.1, 0.15) is 18.5 Å². The van der Waals surface area contributed by atoms with Crippen LogP contribution in [0.3, 0.4) is 0 Å².